The van der Waals surface area contributed by atoms with Gasteiger partial charge in [-0.2, -0.15) is 0 Å². The van der Waals surface area contributed by atoms with Crippen molar-refractivity contribution in [1.29, 1.82) is 0 Å². The molecule has 0 spiro atoms. The molecule has 1 atom stereocenters. The Bertz CT molecular complexity index is 612. The van der Waals surface area contributed by atoms with Crippen LogP contribution in [0, 0.1) is 5.92 Å². The third-order valence-electron chi connectivity index (χ3n) is 5.12. The highest BCUT2D eigenvalue weighted by molar-refractivity contribution is 5.77. The van der Waals surface area contributed by atoms with E-state index in [2.05, 4.69) is 32.2 Å². The Hall–Kier alpha value is -1.71. The number of ether oxygens (including phenoxy) is 2. The molecule has 2 heterocycles. The van der Waals surface area contributed by atoms with Crippen LogP contribution < -0.4 is 14.8 Å². The monoisotopic (exact) mass is 317 g/mol. The number of rotatable bonds is 4. The first-order valence-electron chi connectivity index (χ1n) is 8.57. The minimum absolute atomic E-state index is 0.0913. The molecule has 1 N–H and O–H groups in total. The van der Waals surface area contributed by atoms with Crippen molar-refractivity contribution < 1.29 is 14.3 Å². The standard InChI is InChI=1S/C19H27NO3/c1-12(2)9-14-13-6-8-23-18(13)15(10-16(14)22-4)19(3)7-5-17(21)20-11-19/h10,12H,5-9,11H2,1-4H3,(H,20,21)/t19-/m0/s1. The molecule has 1 saturated heterocycles. The van der Waals surface area contributed by atoms with Crippen LogP contribution in [0.3, 0.4) is 0 Å². The highest BCUT2D eigenvalue weighted by atomic mass is 16.5. The predicted molar refractivity (Wildman–Crippen MR) is 90.3 cm³/mol. The van der Waals surface area contributed by atoms with Crippen molar-refractivity contribution in [2.45, 2.75) is 51.9 Å². The molecule has 3 rings (SSSR count). The summed E-state index contributed by atoms with van der Waals surface area (Å²) in [4.78, 5) is 11.5. The van der Waals surface area contributed by atoms with E-state index in [0.717, 1.165) is 37.4 Å². The van der Waals surface area contributed by atoms with Crippen molar-refractivity contribution in [3.05, 3.63) is 22.8 Å². The number of carbonyl (C=O) groups excluding carboxylic acids is 1. The van der Waals surface area contributed by atoms with Gasteiger partial charge in [0.1, 0.15) is 11.5 Å². The summed E-state index contributed by atoms with van der Waals surface area (Å²) >= 11 is 0. The van der Waals surface area contributed by atoms with Crippen LogP contribution in [0.4, 0.5) is 0 Å². The van der Waals surface area contributed by atoms with Gasteiger partial charge in [0, 0.05) is 41.5 Å². The third kappa shape index (κ3) is 2.91. The van der Waals surface area contributed by atoms with Gasteiger partial charge in [-0.1, -0.05) is 20.8 Å². The number of amides is 1. The van der Waals surface area contributed by atoms with Gasteiger partial charge >= 0.3 is 0 Å². The SMILES string of the molecule is COc1cc([C@@]2(C)CCC(=O)NC2)c2c(c1CC(C)C)CCO2. The number of methoxy groups -OCH3 is 1. The smallest absolute Gasteiger partial charge is 0.220 e. The van der Waals surface area contributed by atoms with Crippen molar-refractivity contribution >= 4 is 5.91 Å². The van der Waals surface area contributed by atoms with Crippen LogP contribution in [0.25, 0.3) is 0 Å². The van der Waals surface area contributed by atoms with Crippen LogP contribution in [0.5, 0.6) is 11.5 Å². The molecule has 1 fully saturated rings. The summed E-state index contributed by atoms with van der Waals surface area (Å²) in [6, 6.07) is 2.15. The number of hydrogen-bond acceptors (Lipinski definition) is 3. The minimum atomic E-state index is -0.0913. The fourth-order valence-electron chi connectivity index (χ4n) is 3.77. The molecular formula is C19H27NO3. The first-order chi connectivity index (χ1) is 10.9. The zero-order chi connectivity index (χ0) is 16.6. The van der Waals surface area contributed by atoms with E-state index in [1.165, 1.54) is 16.7 Å². The molecule has 1 amide bonds. The maximum absolute atomic E-state index is 11.5. The van der Waals surface area contributed by atoms with E-state index in [4.69, 9.17) is 9.47 Å². The molecule has 0 aliphatic carbocycles. The minimum Gasteiger partial charge on any atom is -0.496 e. The summed E-state index contributed by atoms with van der Waals surface area (Å²) in [5.74, 6) is 2.73. The molecule has 1 aromatic carbocycles. The van der Waals surface area contributed by atoms with Crippen LogP contribution in [-0.4, -0.2) is 26.2 Å². The Morgan fingerprint density at radius 1 is 1.39 bits per heavy atom. The van der Waals surface area contributed by atoms with Crippen molar-refractivity contribution in [3.8, 4) is 11.5 Å². The number of nitrogens with one attached hydrogen (secondary N) is 1. The van der Waals surface area contributed by atoms with Gasteiger partial charge in [0.15, 0.2) is 0 Å². The van der Waals surface area contributed by atoms with Crippen LogP contribution in [-0.2, 0) is 23.1 Å². The third-order valence-corrected chi connectivity index (χ3v) is 5.12. The van der Waals surface area contributed by atoms with Crippen molar-refractivity contribution in [2.24, 2.45) is 5.92 Å². The first kappa shape index (κ1) is 16.2. The summed E-state index contributed by atoms with van der Waals surface area (Å²) < 4.78 is 11.8. The van der Waals surface area contributed by atoms with Crippen molar-refractivity contribution in [2.75, 3.05) is 20.3 Å². The highest BCUT2D eigenvalue weighted by Gasteiger charge is 2.37. The van der Waals surface area contributed by atoms with Crippen LogP contribution in [0.1, 0.15) is 50.3 Å². The van der Waals surface area contributed by atoms with Gasteiger partial charge in [0.25, 0.3) is 0 Å². The number of hydrogen-bond donors (Lipinski definition) is 1. The Kier molecular flexibility index (Phi) is 4.26. The van der Waals surface area contributed by atoms with E-state index < -0.39 is 0 Å². The Balaban J connectivity index is 2.08. The quantitative estimate of drug-likeness (QED) is 0.928. The van der Waals surface area contributed by atoms with Gasteiger partial charge in [-0.15, -0.1) is 0 Å². The second kappa shape index (κ2) is 6.06. The van der Waals surface area contributed by atoms with Crippen LogP contribution >= 0.6 is 0 Å². The average Bonchev–Trinajstić information content (AvgIpc) is 2.99. The molecule has 0 bridgehead atoms. The lowest BCUT2D eigenvalue weighted by molar-refractivity contribution is -0.123. The summed E-state index contributed by atoms with van der Waals surface area (Å²) in [7, 11) is 1.75. The topological polar surface area (TPSA) is 47.6 Å². The van der Waals surface area contributed by atoms with Crippen molar-refractivity contribution in [1.82, 2.24) is 5.32 Å². The molecule has 0 radical (unpaired) electrons. The maximum atomic E-state index is 11.5. The van der Waals surface area contributed by atoms with E-state index >= 15 is 0 Å². The lowest BCUT2D eigenvalue weighted by Crippen LogP contribution is -2.44. The average molecular weight is 317 g/mol. The largest absolute Gasteiger partial charge is 0.496 e. The van der Waals surface area contributed by atoms with Gasteiger partial charge in [0.2, 0.25) is 5.91 Å². The lowest BCUT2D eigenvalue weighted by atomic mass is 9.74. The Morgan fingerprint density at radius 3 is 2.78 bits per heavy atom. The molecule has 1 aromatic rings. The van der Waals surface area contributed by atoms with Crippen LogP contribution in [0.15, 0.2) is 6.07 Å². The predicted octanol–water partition coefficient (Wildman–Crippen LogP) is 3.00. The molecule has 0 aromatic heterocycles. The number of carbonyl (C=O) groups is 1. The van der Waals surface area contributed by atoms with Gasteiger partial charge in [-0.25, -0.2) is 0 Å². The molecule has 126 valence electrons. The Morgan fingerprint density at radius 2 is 2.17 bits per heavy atom. The van der Waals surface area contributed by atoms with Gasteiger partial charge < -0.3 is 14.8 Å². The molecule has 2 aliphatic heterocycles. The van der Waals surface area contributed by atoms with Gasteiger partial charge in [0.05, 0.1) is 13.7 Å². The number of benzene rings is 1. The zero-order valence-electron chi connectivity index (χ0n) is 14.6. The summed E-state index contributed by atoms with van der Waals surface area (Å²) in [6.07, 6.45) is 3.37. The molecule has 2 aliphatic rings. The highest BCUT2D eigenvalue weighted by Crippen LogP contribution is 2.46. The molecule has 23 heavy (non-hydrogen) atoms. The molecule has 4 nitrogen and oxygen atoms in total. The fourth-order valence-corrected chi connectivity index (χ4v) is 3.77. The second-order valence-corrected chi connectivity index (χ2v) is 7.45. The zero-order valence-corrected chi connectivity index (χ0v) is 14.6. The fraction of sp³-hybridized carbons (Fsp3) is 0.632. The molecular weight excluding hydrogens is 290 g/mol. The summed E-state index contributed by atoms with van der Waals surface area (Å²) in [5.41, 5.74) is 3.70. The number of fused-ring (bicyclic) bond motifs is 1. The normalized spacial score (nSPS) is 23.4. The maximum Gasteiger partial charge on any atom is 0.220 e. The lowest BCUT2D eigenvalue weighted by Gasteiger charge is -2.35. The van der Waals surface area contributed by atoms with E-state index in [9.17, 15) is 4.79 Å². The van der Waals surface area contributed by atoms with E-state index in [1.807, 2.05) is 0 Å². The second-order valence-electron chi connectivity index (χ2n) is 7.45. The number of piperidine rings is 1. The van der Waals surface area contributed by atoms with Gasteiger partial charge in [-0.05, 0) is 24.8 Å². The summed E-state index contributed by atoms with van der Waals surface area (Å²) in [6.45, 7) is 8.07. The van der Waals surface area contributed by atoms with Crippen molar-refractivity contribution in [3.63, 3.8) is 0 Å². The van der Waals surface area contributed by atoms with Crippen LogP contribution in [0.2, 0.25) is 0 Å². The molecule has 0 unspecified atom stereocenters. The Labute approximate surface area is 138 Å². The molecule has 4 heteroatoms. The molecule has 0 saturated carbocycles. The van der Waals surface area contributed by atoms with E-state index in [-0.39, 0.29) is 11.3 Å². The first-order valence-corrected chi connectivity index (χ1v) is 8.57. The van der Waals surface area contributed by atoms with Gasteiger partial charge in [-0.3, -0.25) is 4.79 Å². The summed E-state index contributed by atoms with van der Waals surface area (Å²) in [5, 5.41) is 3.01. The van der Waals surface area contributed by atoms with E-state index in [0.29, 0.717) is 18.9 Å². The van der Waals surface area contributed by atoms with E-state index in [1.54, 1.807) is 7.11 Å².